The Bertz CT molecular complexity index is 670. The number of benzene rings is 1. The third-order valence-corrected chi connectivity index (χ3v) is 5.16. The van der Waals surface area contributed by atoms with Crippen molar-refractivity contribution in [3.8, 4) is 0 Å². The number of nitro groups is 1. The van der Waals surface area contributed by atoms with E-state index >= 15 is 0 Å². The fourth-order valence-corrected chi connectivity index (χ4v) is 3.52. The van der Waals surface area contributed by atoms with Crippen molar-refractivity contribution in [2.24, 2.45) is 0 Å². The van der Waals surface area contributed by atoms with E-state index in [9.17, 15) is 23.3 Å². The molecule has 0 aliphatic rings. The van der Waals surface area contributed by atoms with Gasteiger partial charge in [0.1, 0.15) is 6.04 Å². The summed E-state index contributed by atoms with van der Waals surface area (Å²) in [5.41, 5.74) is -0.0522. The summed E-state index contributed by atoms with van der Waals surface area (Å²) in [6.07, 6.45) is 0.0824. The highest BCUT2D eigenvalue weighted by Crippen LogP contribution is 2.25. The normalized spacial score (nSPS) is 13.1. The summed E-state index contributed by atoms with van der Waals surface area (Å²) in [5.74, 6) is -1.27. The fraction of sp³-hybridized carbons (Fsp3) is 0.417. The predicted octanol–water partition coefficient (Wildman–Crippen LogP) is 1.39. The van der Waals surface area contributed by atoms with Crippen molar-refractivity contribution in [3.05, 3.63) is 33.9 Å². The number of rotatable bonds is 6. The number of carboxylic acids is 1. The van der Waals surface area contributed by atoms with Gasteiger partial charge in [-0.2, -0.15) is 4.31 Å². The second-order valence-corrected chi connectivity index (χ2v) is 6.46. The molecule has 1 N–H and O–H groups in total. The van der Waals surface area contributed by atoms with E-state index in [-0.39, 0.29) is 17.0 Å². The number of carboxylic acid groups (broad SMARTS) is 1. The van der Waals surface area contributed by atoms with Crippen molar-refractivity contribution < 1.29 is 23.2 Å². The average molecular weight is 316 g/mol. The van der Waals surface area contributed by atoms with E-state index in [4.69, 9.17) is 5.11 Å². The van der Waals surface area contributed by atoms with Gasteiger partial charge >= 0.3 is 5.97 Å². The van der Waals surface area contributed by atoms with Crippen LogP contribution in [0.5, 0.6) is 0 Å². The summed E-state index contributed by atoms with van der Waals surface area (Å²) in [7, 11) is -2.99. The Balaban J connectivity index is 3.40. The summed E-state index contributed by atoms with van der Waals surface area (Å²) in [6, 6.07) is 2.23. The minimum absolute atomic E-state index is 0.0824. The van der Waals surface area contributed by atoms with Crippen LogP contribution in [-0.2, 0) is 14.8 Å². The molecule has 0 bridgehead atoms. The summed E-state index contributed by atoms with van der Waals surface area (Å²) in [6.45, 7) is 3.04. The van der Waals surface area contributed by atoms with Gasteiger partial charge in [-0.25, -0.2) is 8.42 Å². The number of carbonyl (C=O) groups is 1. The third kappa shape index (κ3) is 3.37. The van der Waals surface area contributed by atoms with Crippen LogP contribution in [0, 0.1) is 17.0 Å². The van der Waals surface area contributed by atoms with Gasteiger partial charge in [0.2, 0.25) is 10.0 Å². The second-order valence-electron chi connectivity index (χ2n) is 4.49. The Kier molecular flexibility index (Phi) is 5.02. The van der Waals surface area contributed by atoms with E-state index in [2.05, 4.69) is 0 Å². The van der Waals surface area contributed by atoms with Gasteiger partial charge < -0.3 is 5.11 Å². The van der Waals surface area contributed by atoms with Gasteiger partial charge in [0.25, 0.3) is 5.69 Å². The van der Waals surface area contributed by atoms with Gasteiger partial charge in [-0.1, -0.05) is 13.0 Å². The first-order valence-electron chi connectivity index (χ1n) is 6.08. The summed E-state index contributed by atoms with van der Waals surface area (Å²) in [4.78, 5) is 20.9. The smallest absolute Gasteiger partial charge is 0.321 e. The lowest BCUT2D eigenvalue weighted by Crippen LogP contribution is -2.42. The molecule has 0 saturated carbocycles. The fourth-order valence-electron chi connectivity index (χ4n) is 1.89. The van der Waals surface area contributed by atoms with Crippen LogP contribution < -0.4 is 0 Å². The first-order valence-corrected chi connectivity index (χ1v) is 7.52. The Morgan fingerprint density at radius 3 is 2.48 bits per heavy atom. The highest BCUT2D eigenvalue weighted by molar-refractivity contribution is 7.89. The molecule has 116 valence electrons. The lowest BCUT2D eigenvalue weighted by Gasteiger charge is -2.23. The van der Waals surface area contributed by atoms with Crippen LogP contribution in [-0.4, -0.2) is 41.8 Å². The number of aryl methyl sites for hydroxylation is 1. The van der Waals surface area contributed by atoms with Crippen molar-refractivity contribution in [1.29, 1.82) is 0 Å². The van der Waals surface area contributed by atoms with Crippen LogP contribution in [0.2, 0.25) is 0 Å². The number of non-ortho nitro benzene ring substituents is 1. The Morgan fingerprint density at radius 1 is 1.48 bits per heavy atom. The number of nitro benzene ring substituents is 1. The SMILES string of the molecule is CCC(C(=O)O)N(C)S(=O)(=O)c1cc([N+](=O)[O-])ccc1C. The lowest BCUT2D eigenvalue weighted by molar-refractivity contribution is -0.385. The Morgan fingerprint density at radius 2 is 2.05 bits per heavy atom. The highest BCUT2D eigenvalue weighted by Gasteiger charge is 2.33. The minimum Gasteiger partial charge on any atom is -0.480 e. The van der Waals surface area contributed by atoms with Gasteiger partial charge in [-0.3, -0.25) is 14.9 Å². The molecule has 0 fully saturated rings. The topological polar surface area (TPSA) is 118 Å². The van der Waals surface area contributed by atoms with Crippen molar-refractivity contribution in [2.75, 3.05) is 7.05 Å². The molecule has 0 aliphatic carbocycles. The van der Waals surface area contributed by atoms with Gasteiger partial charge in [0.15, 0.2) is 0 Å². The van der Waals surface area contributed by atoms with E-state index in [0.29, 0.717) is 5.56 Å². The van der Waals surface area contributed by atoms with Crippen LogP contribution in [0.15, 0.2) is 23.1 Å². The minimum atomic E-state index is -4.13. The van der Waals surface area contributed by atoms with Crippen LogP contribution in [0.4, 0.5) is 5.69 Å². The molecule has 1 aromatic rings. The average Bonchev–Trinajstić information content (AvgIpc) is 2.38. The molecule has 0 radical (unpaired) electrons. The van der Waals surface area contributed by atoms with Crippen molar-refractivity contribution >= 4 is 21.7 Å². The molecule has 1 rings (SSSR count). The molecule has 0 amide bonds. The van der Waals surface area contributed by atoms with E-state index in [1.54, 1.807) is 6.92 Å². The first kappa shape index (κ1) is 17.1. The molecule has 8 nitrogen and oxygen atoms in total. The van der Waals surface area contributed by atoms with Gasteiger partial charge in [-0.15, -0.1) is 0 Å². The van der Waals surface area contributed by atoms with Gasteiger partial charge in [0, 0.05) is 19.2 Å². The van der Waals surface area contributed by atoms with E-state index < -0.39 is 27.0 Å². The number of hydrogen-bond donors (Lipinski definition) is 1. The van der Waals surface area contributed by atoms with Gasteiger partial charge in [0.05, 0.1) is 9.82 Å². The Labute approximate surface area is 122 Å². The van der Waals surface area contributed by atoms with Gasteiger partial charge in [-0.05, 0) is 18.9 Å². The Hall–Kier alpha value is -2.00. The number of likely N-dealkylation sites (N-methyl/N-ethyl adjacent to an activating group) is 1. The predicted molar refractivity (Wildman–Crippen MR) is 74.5 cm³/mol. The maximum absolute atomic E-state index is 12.5. The molecule has 0 spiro atoms. The zero-order valence-corrected chi connectivity index (χ0v) is 12.6. The van der Waals surface area contributed by atoms with E-state index in [1.165, 1.54) is 19.1 Å². The maximum Gasteiger partial charge on any atom is 0.321 e. The number of sulfonamides is 1. The lowest BCUT2D eigenvalue weighted by atomic mass is 10.2. The molecular weight excluding hydrogens is 300 g/mol. The summed E-state index contributed by atoms with van der Waals surface area (Å²) < 4.78 is 25.7. The molecule has 9 heteroatoms. The quantitative estimate of drug-likeness (QED) is 0.626. The monoisotopic (exact) mass is 316 g/mol. The van der Waals surface area contributed by atoms with Crippen LogP contribution >= 0.6 is 0 Å². The van der Waals surface area contributed by atoms with Crippen molar-refractivity contribution in [3.63, 3.8) is 0 Å². The zero-order valence-electron chi connectivity index (χ0n) is 11.8. The number of nitrogens with zero attached hydrogens (tertiary/aromatic N) is 2. The van der Waals surface area contributed by atoms with Crippen LogP contribution in [0.25, 0.3) is 0 Å². The molecule has 0 saturated heterocycles. The molecule has 0 heterocycles. The maximum atomic E-state index is 12.5. The van der Waals surface area contributed by atoms with E-state index in [0.717, 1.165) is 17.4 Å². The molecular formula is C12H16N2O6S. The molecule has 1 aromatic carbocycles. The third-order valence-electron chi connectivity index (χ3n) is 3.15. The molecule has 0 aromatic heterocycles. The second kappa shape index (κ2) is 6.19. The molecule has 1 atom stereocenters. The molecule has 0 aliphatic heterocycles. The van der Waals surface area contributed by atoms with Crippen LogP contribution in [0.3, 0.4) is 0 Å². The summed E-state index contributed by atoms with van der Waals surface area (Å²) in [5, 5.41) is 19.8. The zero-order chi connectivity index (χ0) is 16.4. The number of hydrogen-bond acceptors (Lipinski definition) is 5. The van der Waals surface area contributed by atoms with Crippen molar-refractivity contribution in [2.45, 2.75) is 31.2 Å². The summed E-state index contributed by atoms with van der Waals surface area (Å²) >= 11 is 0. The van der Waals surface area contributed by atoms with Crippen molar-refractivity contribution in [1.82, 2.24) is 4.31 Å². The standard InChI is InChI=1S/C12H16N2O6S/c1-4-10(12(15)16)13(3)21(19,20)11-7-9(14(17)18)6-5-8(11)2/h5-7,10H,4H2,1-3H3,(H,15,16). The number of aliphatic carboxylic acids is 1. The molecule has 21 heavy (non-hydrogen) atoms. The van der Waals surface area contributed by atoms with E-state index in [1.807, 2.05) is 0 Å². The first-order chi connectivity index (χ1) is 9.62. The molecule has 1 unspecified atom stereocenters. The largest absolute Gasteiger partial charge is 0.480 e. The highest BCUT2D eigenvalue weighted by atomic mass is 32.2. The van der Waals surface area contributed by atoms with Crippen LogP contribution in [0.1, 0.15) is 18.9 Å².